The number of nitrogens with zero attached hydrogens (tertiary/aromatic N) is 1. The molecule has 0 saturated carbocycles. The maximum Gasteiger partial charge on any atom is 0.221 e. The molecule has 2 N–H and O–H groups in total. The van der Waals surface area contributed by atoms with E-state index >= 15 is 0 Å². The van der Waals surface area contributed by atoms with Gasteiger partial charge in [0.15, 0.2) is 5.13 Å². The molecule has 1 amide bonds. The van der Waals surface area contributed by atoms with E-state index in [1.807, 2.05) is 53.9 Å². The van der Waals surface area contributed by atoms with E-state index in [4.69, 9.17) is 4.74 Å². The Bertz CT molecular complexity index is 843. The highest BCUT2D eigenvalue weighted by Crippen LogP contribution is 2.29. The van der Waals surface area contributed by atoms with Crippen LogP contribution in [0.1, 0.15) is 6.92 Å². The molecule has 0 saturated heterocycles. The number of aromatic nitrogens is 1. The van der Waals surface area contributed by atoms with Crippen LogP contribution in [-0.4, -0.2) is 18.0 Å². The van der Waals surface area contributed by atoms with Gasteiger partial charge in [-0.25, -0.2) is 4.98 Å². The van der Waals surface area contributed by atoms with Crippen molar-refractivity contribution in [3.8, 4) is 17.0 Å². The van der Waals surface area contributed by atoms with Gasteiger partial charge >= 0.3 is 0 Å². The summed E-state index contributed by atoms with van der Waals surface area (Å²) in [6, 6.07) is 15.3. The van der Waals surface area contributed by atoms with E-state index in [2.05, 4.69) is 15.6 Å². The topological polar surface area (TPSA) is 63.2 Å². The second-order valence-corrected chi connectivity index (χ2v) is 6.01. The summed E-state index contributed by atoms with van der Waals surface area (Å²) < 4.78 is 5.15. The van der Waals surface area contributed by atoms with Gasteiger partial charge in [-0.3, -0.25) is 4.79 Å². The average Bonchev–Trinajstić information content (AvgIpc) is 3.04. The molecule has 0 radical (unpaired) electrons. The lowest BCUT2D eigenvalue weighted by Crippen LogP contribution is -2.05. The normalized spacial score (nSPS) is 10.2. The van der Waals surface area contributed by atoms with Gasteiger partial charge < -0.3 is 15.4 Å². The zero-order chi connectivity index (χ0) is 16.9. The van der Waals surface area contributed by atoms with E-state index in [0.717, 1.165) is 33.5 Å². The second-order valence-electron chi connectivity index (χ2n) is 5.15. The Morgan fingerprint density at radius 3 is 2.62 bits per heavy atom. The van der Waals surface area contributed by atoms with Crippen LogP contribution < -0.4 is 15.4 Å². The number of benzene rings is 2. The number of methoxy groups -OCH3 is 1. The molecule has 5 nitrogen and oxygen atoms in total. The number of carbonyl (C=O) groups excluding carboxylic acids is 1. The van der Waals surface area contributed by atoms with Crippen molar-refractivity contribution in [1.29, 1.82) is 0 Å². The Hall–Kier alpha value is -2.86. The maximum absolute atomic E-state index is 11.2. The summed E-state index contributed by atoms with van der Waals surface area (Å²) in [5, 5.41) is 8.85. The summed E-state index contributed by atoms with van der Waals surface area (Å²) in [6.07, 6.45) is 0. The predicted octanol–water partition coefficient (Wildman–Crippen LogP) is 4.52. The van der Waals surface area contributed by atoms with E-state index in [1.165, 1.54) is 18.3 Å². The van der Waals surface area contributed by atoms with Crippen molar-refractivity contribution in [3.05, 3.63) is 53.9 Å². The zero-order valence-electron chi connectivity index (χ0n) is 13.4. The van der Waals surface area contributed by atoms with Crippen LogP contribution >= 0.6 is 11.3 Å². The van der Waals surface area contributed by atoms with Crippen LogP contribution in [0.25, 0.3) is 11.3 Å². The number of rotatable bonds is 5. The molecule has 0 atom stereocenters. The molecule has 0 bridgehead atoms. The smallest absolute Gasteiger partial charge is 0.221 e. The lowest BCUT2D eigenvalue weighted by atomic mass is 10.1. The molecule has 122 valence electrons. The number of carbonyl (C=O) groups is 1. The second kappa shape index (κ2) is 7.14. The van der Waals surface area contributed by atoms with Crippen LogP contribution in [0.5, 0.6) is 5.75 Å². The molecule has 6 heteroatoms. The Morgan fingerprint density at radius 1 is 1.12 bits per heavy atom. The summed E-state index contributed by atoms with van der Waals surface area (Å²) in [5.41, 5.74) is 3.53. The van der Waals surface area contributed by atoms with Gasteiger partial charge in [-0.1, -0.05) is 12.1 Å². The Kier molecular flexibility index (Phi) is 4.77. The Morgan fingerprint density at radius 2 is 1.92 bits per heavy atom. The first kappa shape index (κ1) is 16.0. The van der Waals surface area contributed by atoms with Crippen LogP contribution in [-0.2, 0) is 4.79 Å². The first-order chi connectivity index (χ1) is 11.6. The van der Waals surface area contributed by atoms with Gasteiger partial charge in [0.05, 0.1) is 12.8 Å². The lowest BCUT2D eigenvalue weighted by molar-refractivity contribution is -0.114. The molecule has 3 rings (SSSR count). The third kappa shape index (κ3) is 3.91. The molecule has 0 fully saturated rings. The molecule has 3 aromatic rings. The van der Waals surface area contributed by atoms with E-state index in [0.29, 0.717) is 0 Å². The summed E-state index contributed by atoms with van der Waals surface area (Å²) in [5.74, 6) is 0.724. The first-order valence-corrected chi connectivity index (χ1v) is 8.26. The summed E-state index contributed by atoms with van der Waals surface area (Å²) in [4.78, 5) is 15.8. The van der Waals surface area contributed by atoms with Crippen LogP contribution in [0.2, 0.25) is 0 Å². The highest BCUT2D eigenvalue weighted by molar-refractivity contribution is 7.14. The minimum atomic E-state index is -0.0905. The molecule has 0 aliphatic carbocycles. The van der Waals surface area contributed by atoms with Gasteiger partial charge in [-0.05, 0) is 36.4 Å². The molecule has 0 spiro atoms. The molecule has 24 heavy (non-hydrogen) atoms. The summed E-state index contributed by atoms with van der Waals surface area (Å²) in [6.45, 7) is 1.49. The standard InChI is InChI=1S/C18H17N3O2S/c1-12(22)19-15-5-3-4-13(10-15)17-11-24-18(21-17)20-14-6-8-16(23-2)9-7-14/h3-11H,1-2H3,(H,19,22)(H,20,21). The van der Waals surface area contributed by atoms with E-state index in [-0.39, 0.29) is 5.91 Å². The highest BCUT2D eigenvalue weighted by Gasteiger charge is 2.06. The van der Waals surface area contributed by atoms with Gasteiger partial charge in [-0.2, -0.15) is 0 Å². The number of hydrogen-bond acceptors (Lipinski definition) is 5. The lowest BCUT2D eigenvalue weighted by Gasteiger charge is -2.05. The molecule has 1 heterocycles. The van der Waals surface area contributed by atoms with Crippen molar-refractivity contribution in [2.75, 3.05) is 17.7 Å². The maximum atomic E-state index is 11.2. The summed E-state index contributed by atoms with van der Waals surface area (Å²) in [7, 11) is 1.64. The van der Waals surface area contributed by atoms with Gasteiger partial charge in [0.1, 0.15) is 5.75 Å². The fraction of sp³-hybridized carbons (Fsp3) is 0.111. The largest absolute Gasteiger partial charge is 0.497 e. The number of nitrogens with one attached hydrogen (secondary N) is 2. The third-order valence-electron chi connectivity index (χ3n) is 3.32. The predicted molar refractivity (Wildman–Crippen MR) is 98.1 cm³/mol. The van der Waals surface area contributed by atoms with Gasteiger partial charge in [0, 0.05) is 29.2 Å². The van der Waals surface area contributed by atoms with Crippen molar-refractivity contribution in [2.45, 2.75) is 6.92 Å². The van der Waals surface area contributed by atoms with Crippen molar-refractivity contribution in [2.24, 2.45) is 0 Å². The monoisotopic (exact) mass is 339 g/mol. The van der Waals surface area contributed by atoms with Gasteiger partial charge in [0.2, 0.25) is 5.91 Å². The summed E-state index contributed by atoms with van der Waals surface area (Å²) >= 11 is 1.53. The van der Waals surface area contributed by atoms with Crippen LogP contribution in [0.4, 0.5) is 16.5 Å². The molecule has 0 aliphatic heterocycles. The van der Waals surface area contributed by atoms with Crippen LogP contribution in [0, 0.1) is 0 Å². The average molecular weight is 339 g/mol. The number of ether oxygens (including phenoxy) is 1. The third-order valence-corrected chi connectivity index (χ3v) is 4.08. The number of amides is 1. The Labute approximate surface area is 144 Å². The van der Waals surface area contributed by atoms with Crippen molar-refractivity contribution in [3.63, 3.8) is 0 Å². The van der Waals surface area contributed by atoms with E-state index in [1.54, 1.807) is 7.11 Å². The molecule has 2 aromatic carbocycles. The van der Waals surface area contributed by atoms with Crippen LogP contribution in [0.15, 0.2) is 53.9 Å². The SMILES string of the molecule is COc1ccc(Nc2nc(-c3cccc(NC(C)=O)c3)cs2)cc1. The minimum absolute atomic E-state index is 0.0905. The first-order valence-electron chi connectivity index (χ1n) is 7.38. The minimum Gasteiger partial charge on any atom is -0.497 e. The van der Waals surface area contributed by atoms with Crippen LogP contribution in [0.3, 0.4) is 0 Å². The van der Waals surface area contributed by atoms with Crippen molar-refractivity contribution < 1.29 is 9.53 Å². The molecular weight excluding hydrogens is 322 g/mol. The molecule has 1 aromatic heterocycles. The van der Waals surface area contributed by atoms with Gasteiger partial charge in [0.25, 0.3) is 0 Å². The van der Waals surface area contributed by atoms with Gasteiger partial charge in [-0.15, -0.1) is 11.3 Å². The Balaban J connectivity index is 1.76. The molecule has 0 unspecified atom stereocenters. The van der Waals surface area contributed by atoms with Crippen molar-refractivity contribution >= 4 is 33.8 Å². The number of hydrogen-bond donors (Lipinski definition) is 2. The zero-order valence-corrected chi connectivity index (χ0v) is 14.2. The van der Waals surface area contributed by atoms with E-state index in [9.17, 15) is 4.79 Å². The number of anilines is 3. The van der Waals surface area contributed by atoms with E-state index < -0.39 is 0 Å². The fourth-order valence-electron chi connectivity index (χ4n) is 2.22. The van der Waals surface area contributed by atoms with Crippen molar-refractivity contribution in [1.82, 2.24) is 4.98 Å². The number of thiazole rings is 1. The molecule has 0 aliphatic rings. The molecular formula is C18H17N3O2S. The fourth-order valence-corrected chi connectivity index (χ4v) is 2.96. The highest BCUT2D eigenvalue weighted by atomic mass is 32.1. The quantitative estimate of drug-likeness (QED) is 0.717.